The van der Waals surface area contributed by atoms with Crippen LogP contribution in [0.5, 0.6) is 11.6 Å². The van der Waals surface area contributed by atoms with E-state index in [1.54, 1.807) is 25.3 Å². The highest BCUT2D eigenvalue weighted by molar-refractivity contribution is 5.91. The van der Waals surface area contributed by atoms with Crippen LogP contribution in [-0.4, -0.2) is 64.6 Å². The minimum absolute atomic E-state index is 0.0370. The molecule has 5 heterocycles. The topological polar surface area (TPSA) is 127 Å². The van der Waals surface area contributed by atoms with Gasteiger partial charge in [0, 0.05) is 32.1 Å². The zero-order chi connectivity index (χ0) is 23.2. The Bertz CT molecular complexity index is 1140. The lowest BCUT2D eigenvalue weighted by Crippen LogP contribution is -2.35. The predicted molar refractivity (Wildman–Crippen MR) is 119 cm³/mol. The van der Waals surface area contributed by atoms with Crippen molar-refractivity contribution in [3.8, 4) is 11.6 Å². The number of methoxy groups -OCH3 is 2. The zero-order valence-corrected chi connectivity index (χ0v) is 18.6. The number of fused-ring (bicyclic) bond motifs is 1. The van der Waals surface area contributed by atoms with Gasteiger partial charge in [-0.1, -0.05) is 0 Å². The normalized spacial score (nSPS) is 14.8. The molecule has 2 aliphatic rings. The van der Waals surface area contributed by atoms with E-state index in [0.717, 1.165) is 50.3 Å². The molecule has 11 heteroatoms. The van der Waals surface area contributed by atoms with E-state index >= 15 is 0 Å². The van der Waals surface area contributed by atoms with Crippen molar-refractivity contribution in [1.29, 1.82) is 0 Å². The molecule has 0 bridgehead atoms. The first kappa shape index (κ1) is 22.3. The number of carbonyl (C=O) groups is 1. The summed E-state index contributed by atoms with van der Waals surface area (Å²) in [5, 5.41) is 0. The summed E-state index contributed by atoms with van der Waals surface area (Å²) in [7, 11) is 3.12. The van der Waals surface area contributed by atoms with Crippen molar-refractivity contribution in [3.63, 3.8) is 0 Å². The Kier molecular flexibility index (Phi) is 6.86. The van der Waals surface area contributed by atoms with Crippen molar-refractivity contribution in [2.75, 3.05) is 38.8 Å². The molecule has 1 N–H and O–H groups in total. The highest BCUT2D eigenvalue weighted by Gasteiger charge is 2.22. The molecular weight excluding hydrogens is 428 g/mol. The van der Waals surface area contributed by atoms with Gasteiger partial charge in [0.15, 0.2) is 12.1 Å². The second kappa shape index (κ2) is 10.2. The molecule has 11 nitrogen and oxygen atoms in total. The largest absolute Gasteiger partial charge is 0.491 e. The molecule has 2 aliphatic heterocycles. The lowest BCUT2D eigenvalue weighted by Gasteiger charge is -2.29. The summed E-state index contributed by atoms with van der Waals surface area (Å²) >= 11 is 0. The quantitative estimate of drug-likeness (QED) is 0.626. The fraction of sp³-hybridized carbons (Fsp3) is 0.409. The number of aromatic nitrogens is 4. The number of hydrogen-bond donors (Lipinski definition) is 1. The Morgan fingerprint density at radius 1 is 1.12 bits per heavy atom. The van der Waals surface area contributed by atoms with Crippen LogP contribution in [0.3, 0.4) is 0 Å². The molecule has 174 valence electrons. The van der Waals surface area contributed by atoms with Crippen molar-refractivity contribution in [2.45, 2.75) is 25.8 Å². The number of likely N-dealkylation sites (tertiary alicyclic amines) is 1. The molecule has 0 aliphatic carbocycles. The number of carbonyl (C=O) groups excluding carboxylic acids is 1. The van der Waals surface area contributed by atoms with Gasteiger partial charge in [-0.05, 0) is 12.8 Å². The number of hydrogen-bond acceptors (Lipinski definition) is 9. The fourth-order valence-electron chi connectivity index (χ4n) is 3.87. The summed E-state index contributed by atoms with van der Waals surface area (Å²) < 4.78 is 15.3. The molecule has 1 fully saturated rings. The van der Waals surface area contributed by atoms with E-state index in [9.17, 15) is 9.59 Å². The Balaban J connectivity index is 0.000000183. The fourth-order valence-corrected chi connectivity index (χ4v) is 3.87. The van der Waals surface area contributed by atoms with Crippen LogP contribution in [0, 0.1) is 0 Å². The van der Waals surface area contributed by atoms with Crippen LogP contribution in [0.2, 0.25) is 0 Å². The molecule has 3 aromatic rings. The smallest absolute Gasteiger partial charge is 0.291 e. The van der Waals surface area contributed by atoms with Gasteiger partial charge in [-0.2, -0.15) is 0 Å². The number of nitrogens with one attached hydrogen (secondary N) is 1. The van der Waals surface area contributed by atoms with Crippen LogP contribution in [0.15, 0.2) is 40.4 Å². The van der Waals surface area contributed by atoms with Crippen molar-refractivity contribution in [1.82, 2.24) is 24.8 Å². The second-order valence-electron chi connectivity index (χ2n) is 7.60. The van der Waals surface area contributed by atoms with Gasteiger partial charge in [0.25, 0.3) is 17.3 Å². The van der Waals surface area contributed by atoms with E-state index < -0.39 is 0 Å². The Morgan fingerprint density at radius 3 is 2.64 bits per heavy atom. The van der Waals surface area contributed by atoms with Crippen LogP contribution in [-0.2, 0) is 13.0 Å². The summed E-state index contributed by atoms with van der Waals surface area (Å²) in [5.74, 6) is 1.32. The molecule has 1 saturated heterocycles. The van der Waals surface area contributed by atoms with Gasteiger partial charge in [-0.15, -0.1) is 0 Å². The number of pyridine rings is 1. The van der Waals surface area contributed by atoms with Crippen molar-refractivity contribution in [3.05, 3.63) is 58.6 Å². The molecule has 1 amide bonds. The third-order valence-electron chi connectivity index (χ3n) is 5.62. The first-order chi connectivity index (χ1) is 16.1. The van der Waals surface area contributed by atoms with Gasteiger partial charge in [-0.25, -0.2) is 15.0 Å². The molecule has 33 heavy (non-hydrogen) atoms. The highest BCUT2D eigenvalue weighted by Crippen LogP contribution is 2.30. The van der Waals surface area contributed by atoms with Gasteiger partial charge in [0.2, 0.25) is 5.76 Å². The molecule has 0 saturated carbocycles. The van der Waals surface area contributed by atoms with Gasteiger partial charge in [-0.3, -0.25) is 9.59 Å². The van der Waals surface area contributed by atoms with Crippen LogP contribution < -0.4 is 19.9 Å². The Morgan fingerprint density at radius 2 is 1.94 bits per heavy atom. The minimum Gasteiger partial charge on any atom is -0.491 e. The number of rotatable bonds is 4. The summed E-state index contributed by atoms with van der Waals surface area (Å²) in [4.78, 5) is 42.0. The molecule has 3 aromatic heterocycles. The van der Waals surface area contributed by atoms with Crippen LogP contribution >= 0.6 is 0 Å². The molecule has 0 radical (unpaired) electrons. The SMILES string of the molecule is COc1cc(N2CCc3nc[nH]c(=O)c3C2)cnc1OC.O=C(c1cnco1)N1CCCC1. The van der Waals surface area contributed by atoms with Gasteiger partial charge in [0.1, 0.15) is 0 Å². The first-order valence-corrected chi connectivity index (χ1v) is 10.7. The number of ether oxygens (including phenoxy) is 2. The van der Waals surface area contributed by atoms with Gasteiger partial charge in [0.05, 0.1) is 56.4 Å². The van der Waals surface area contributed by atoms with Crippen LogP contribution in [0.1, 0.15) is 34.7 Å². The molecule has 0 aromatic carbocycles. The van der Waals surface area contributed by atoms with Gasteiger partial charge < -0.3 is 28.7 Å². The number of aromatic amines is 1. The average Bonchev–Trinajstić information content (AvgIpc) is 3.59. The lowest BCUT2D eigenvalue weighted by molar-refractivity contribution is 0.0761. The lowest BCUT2D eigenvalue weighted by atomic mass is 10.1. The standard InChI is InChI=1S/C14H16N4O3.C8H10N2O2/c1-20-12-5-9(6-15-14(12)21-2)18-4-3-11-10(7-18)13(19)17-8-16-11;11-8(7-5-9-6-12-7)10-3-1-2-4-10/h5-6,8H,3-4,7H2,1-2H3,(H,16,17,19);5-6H,1-4H2. The van der Waals surface area contributed by atoms with Crippen molar-refractivity contribution in [2.24, 2.45) is 0 Å². The highest BCUT2D eigenvalue weighted by atomic mass is 16.5. The maximum Gasteiger partial charge on any atom is 0.291 e. The molecule has 0 spiro atoms. The van der Waals surface area contributed by atoms with E-state index in [1.165, 1.54) is 18.9 Å². The molecular formula is C22H26N6O5. The molecule has 5 rings (SSSR count). The maximum absolute atomic E-state index is 11.9. The number of anilines is 1. The van der Waals surface area contributed by atoms with Crippen molar-refractivity contribution >= 4 is 11.6 Å². The third kappa shape index (κ3) is 4.97. The summed E-state index contributed by atoms with van der Waals surface area (Å²) in [6, 6.07) is 1.86. The number of amides is 1. The number of oxazole rings is 1. The minimum atomic E-state index is -0.0851. The van der Waals surface area contributed by atoms with Crippen LogP contribution in [0.4, 0.5) is 5.69 Å². The van der Waals surface area contributed by atoms with Gasteiger partial charge >= 0.3 is 0 Å². The third-order valence-corrected chi connectivity index (χ3v) is 5.62. The van der Waals surface area contributed by atoms with E-state index in [-0.39, 0.29) is 11.5 Å². The van der Waals surface area contributed by atoms with E-state index in [4.69, 9.17) is 13.9 Å². The number of nitrogens with zero attached hydrogens (tertiary/aromatic N) is 5. The van der Waals surface area contributed by atoms with E-state index in [2.05, 4.69) is 24.8 Å². The first-order valence-electron chi connectivity index (χ1n) is 10.7. The summed E-state index contributed by atoms with van der Waals surface area (Å²) in [6.07, 6.45) is 8.84. The zero-order valence-electron chi connectivity index (χ0n) is 18.6. The second-order valence-corrected chi connectivity index (χ2v) is 7.60. The molecule has 0 unspecified atom stereocenters. The Hall–Kier alpha value is -3.89. The maximum atomic E-state index is 11.9. The average molecular weight is 454 g/mol. The molecule has 0 atom stereocenters. The Labute approximate surface area is 190 Å². The van der Waals surface area contributed by atoms with E-state index in [1.807, 2.05) is 6.07 Å². The van der Waals surface area contributed by atoms with E-state index in [0.29, 0.717) is 29.5 Å². The monoisotopic (exact) mass is 454 g/mol. The summed E-state index contributed by atoms with van der Waals surface area (Å²) in [6.45, 7) is 2.98. The number of H-pyrrole nitrogens is 1. The van der Waals surface area contributed by atoms with Crippen molar-refractivity contribution < 1.29 is 18.7 Å². The van der Waals surface area contributed by atoms with Crippen LogP contribution in [0.25, 0.3) is 0 Å². The predicted octanol–water partition coefficient (Wildman–Crippen LogP) is 1.66. The summed E-state index contributed by atoms with van der Waals surface area (Å²) in [5.41, 5.74) is 2.38.